The second-order valence-corrected chi connectivity index (χ2v) is 4.61. The van der Waals surface area contributed by atoms with E-state index in [0.717, 1.165) is 0 Å². The van der Waals surface area contributed by atoms with Crippen LogP contribution in [0.15, 0.2) is 54.5 Å². The first-order chi connectivity index (χ1) is 12.2. The van der Waals surface area contributed by atoms with Gasteiger partial charge in [0, 0.05) is 18.6 Å². The molecule has 0 saturated heterocycles. The molecule has 2 aromatic rings. The molecular formula is C17H15N5O3. The predicted molar refractivity (Wildman–Crippen MR) is 90.4 cm³/mol. The summed E-state index contributed by atoms with van der Waals surface area (Å²) in [5.74, 6) is -0.991. The van der Waals surface area contributed by atoms with E-state index in [1.54, 1.807) is 37.3 Å². The number of anilines is 2. The fraction of sp³-hybridized carbons (Fsp3) is 0.118. The first-order valence-electron chi connectivity index (χ1n) is 7.37. The maximum absolute atomic E-state index is 12.3. The van der Waals surface area contributed by atoms with Crippen LogP contribution in [0.5, 0.6) is 0 Å². The van der Waals surface area contributed by atoms with Crippen molar-refractivity contribution in [2.45, 2.75) is 6.92 Å². The highest BCUT2D eigenvalue weighted by atomic mass is 16.5. The minimum absolute atomic E-state index is 0.203. The molecule has 126 valence electrons. The first-order valence-corrected chi connectivity index (χ1v) is 7.37. The highest BCUT2D eigenvalue weighted by Gasteiger charge is 2.16. The summed E-state index contributed by atoms with van der Waals surface area (Å²) in [5.41, 5.74) is 0.253. The number of para-hydroxylation sites is 1. The Morgan fingerprint density at radius 1 is 1.24 bits per heavy atom. The minimum atomic E-state index is -0.678. The van der Waals surface area contributed by atoms with Crippen molar-refractivity contribution in [3.63, 3.8) is 0 Å². The number of rotatable bonds is 6. The molecule has 1 aromatic carbocycles. The molecule has 1 aromatic heterocycles. The largest absolute Gasteiger partial charge is 0.462 e. The van der Waals surface area contributed by atoms with E-state index in [1.807, 2.05) is 0 Å². The number of nitriles is 1. The highest BCUT2D eigenvalue weighted by molar-refractivity contribution is 6.09. The second kappa shape index (κ2) is 8.79. The zero-order valence-corrected chi connectivity index (χ0v) is 13.4. The van der Waals surface area contributed by atoms with Gasteiger partial charge >= 0.3 is 5.97 Å². The van der Waals surface area contributed by atoms with Gasteiger partial charge in [0.05, 0.1) is 17.9 Å². The van der Waals surface area contributed by atoms with Crippen LogP contribution in [0.25, 0.3) is 0 Å². The Balaban J connectivity index is 2.15. The van der Waals surface area contributed by atoms with Gasteiger partial charge in [0.1, 0.15) is 11.6 Å². The molecule has 0 aliphatic rings. The predicted octanol–water partition coefficient (Wildman–Crippen LogP) is 2.11. The molecule has 25 heavy (non-hydrogen) atoms. The third-order valence-corrected chi connectivity index (χ3v) is 2.95. The van der Waals surface area contributed by atoms with E-state index in [-0.39, 0.29) is 29.4 Å². The van der Waals surface area contributed by atoms with Crippen LogP contribution in [0.3, 0.4) is 0 Å². The summed E-state index contributed by atoms with van der Waals surface area (Å²) in [6.07, 6.45) is 4.23. The Labute approximate surface area is 144 Å². The number of carbonyl (C=O) groups excluding carboxylic acids is 2. The molecule has 1 amide bonds. The minimum Gasteiger partial charge on any atom is -0.462 e. The van der Waals surface area contributed by atoms with Crippen LogP contribution in [-0.2, 0) is 9.53 Å². The van der Waals surface area contributed by atoms with E-state index in [2.05, 4.69) is 20.6 Å². The Kier molecular flexibility index (Phi) is 6.19. The van der Waals surface area contributed by atoms with Gasteiger partial charge in [-0.2, -0.15) is 5.26 Å². The molecule has 0 radical (unpaired) electrons. The SMILES string of the molecule is CCOC(=O)c1ccccc1NC(=O)/C(C#N)=C\Nc1ncccn1. The van der Waals surface area contributed by atoms with Gasteiger partial charge < -0.3 is 15.4 Å². The third-order valence-electron chi connectivity index (χ3n) is 2.95. The number of nitrogens with one attached hydrogen (secondary N) is 2. The smallest absolute Gasteiger partial charge is 0.340 e. The summed E-state index contributed by atoms with van der Waals surface area (Å²) in [6, 6.07) is 9.80. The average Bonchev–Trinajstić information content (AvgIpc) is 2.63. The topological polar surface area (TPSA) is 117 Å². The quantitative estimate of drug-likeness (QED) is 0.471. The molecule has 2 rings (SSSR count). The van der Waals surface area contributed by atoms with Crippen LogP contribution in [-0.4, -0.2) is 28.5 Å². The van der Waals surface area contributed by atoms with E-state index in [4.69, 9.17) is 10.00 Å². The van der Waals surface area contributed by atoms with Gasteiger partial charge in [0.25, 0.3) is 5.91 Å². The molecule has 0 aliphatic carbocycles. The van der Waals surface area contributed by atoms with Crippen molar-refractivity contribution in [3.8, 4) is 6.07 Å². The molecular weight excluding hydrogens is 322 g/mol. The van der Waals surface area contributed by atoms with Gasteiger partial charge in [-0.15, -0.1) is 0 Å². The summed E-state index contributed by atoms with van der Waals surface area (Å²) in [7, 11) is 0. The Hall–Kier alpha value is -3.73. The van der Waals surface area contributed by atoms with Crippen LogP contribution >= 0.6 is 0 Å². The van der Waals surface area contributed by atoms with Crippen LogP contribution in [0.2, 0.25) is 0 Å². The van der Waals surface area contributed by atoms with Crippen LogP contribution in [0, 0.1) is 11.3 Å². The molecule has 0 bridgehead atoms. The fourth-order valence-electron chi connectivity index (χ4n) is 1.83. The van der Waals surface area contributed by atoms with Crippen molar-refractivity contribution < 1.29 is 14.3 Å². The standard InChI is InChI=1S/C17H15N5O3/c1-2-25-16(24)13-6-3-4-7-14(13)22-15(23)12(10-18)11-21-17-19-8-5-9-20-17/h3-9,11H,2H2,1H3,(H,22,23)(H,19,20,21)/b12-11-. The van der Waals surface area contributed by atoms with Crippen LogP contribution in [0.1, 0.15) is 17.3 Å². The molecule has 0 aliphatic heterocycles. The third kappa shape index (κ3) is 4.87. The van der Waals surface area contributed by atoms with E-state index in [0.29, 0.717) is 0 Å². The van der Waals surface area contributed by atoms with Gasteiger partial charge in [-0.3, -0.25) is 4.79 Å². The van der Waals surface area contributed by atoms with Gasteiger partial charge in [0.15, 0.2) is 0 Å². The highest BCUT2D eigenvalue weighted by Crippen LogP contribution is 2.17. The van der Waals surface area contributed by atoms with E-state index in [9.17, 15) is 9.59 Å². The molecule has 1 heterocycles. The molecule has 2 N–H and O–H groups in total. The number of amides is 1. The molecule has 0 unspecified atom stereocenters. The second-order valence-electron chi connectivity index (χ2n) is 4.61. The number of benzene rings is 1. The zero-order valence-electron chi connectivity index (χ0n) is 13.4. The summed E-state index contributed by atoms with van der Waals surface area (Å²) in [5, 5.41) is 14.4. The zero-order chi connectivity index (χ0) is 18.1. The number of esters is 1. The number of nitrogens with zero attached hydrogens (tertiary/aromatic N) is 3. The number of aromatic nitrogens is 2. The van der Waals surface area contributed by atoms with Crippen molar-refractivity contribution in [3.05, 3.63) is 60.1 Å². The van der Waals surface area contributed by atoms with Crippen molar-refractivity contribution in [1.29, 1.82) is 5.26 Å². The van der Waals surface area contributed by atoms with Crippen molar-refractivity contribution in [2.24, 2.45) is 0 Å². The van der Waals surface area contributed by atoms with Gasteiger partial charge in [0.2, 0.25) is 5.95 Å². The van der Waals surface area contributed by atoms with Crippen LogP contribution < -0.4 is 10.6 Å². The molecule has 0 fully saturated rings. The number of hydrogen-bond acceptors (Lipinski definition) is 7. The first kappa shape index (κ1) is 17.6. The molecule has 0 spiro atoms. The van der Waals surface area contributed by atoms with E-state index in [1.165, 1.54) is 24.7 Å². The normalized spacial score (nSPS) is 10.5. The van der Waals surface area contributed by atoms with Crippen LogP contribution in [0.4, 0.5) is 11.6 Å². The number of ether oxygens (including phenoxy) is 1. The summed E-state index contributed by atoms with van der Waals surface area (Å²) in [4.78, 5) is 32.0. The average molecular weight is 337 g/mol. The fourth-order valence-corrected chi connectivity index (χ4v) is 1.83. The van der Waals surface area contributed by atoms with Crippen molar-refractivity contribution in [2.75, 3.05) is 17.2 Å². The lowest BCUT2D eigenvalue weighted by Gasteiger charge is -2.10. The Morgan fingerprint density at radius 3 is 2.64 bits per heavy atom. The van der Waals surface area contributed by atoms with Gasteiger partial charge in [-0.05, 0) is 25.1 Å². The van der Waals surface area contributed by atoms with Crippen molar-refractivity contribution >= 4 is 23.5 Å². The summed E-state index contributed by atoms with van der Waals surface area (Å²) >= 11 is 0. The Morgan fingerprint density at radius 2 is 1.96 bits per heavy atom. The summed E-state index contributed by atoms with van der Waals surface area (Å²) < 4.78 is 4.94. The lowest BCUT2D eigenvalue weighted by atomic mass is 10.1. The lowest BCUT2D eigenvalue weighted by molar-refractivity contribution is -0.112. The lowest BCUT2D eigenvalue weighted by Crippen LogP contribution is -2.17. The molecule has 8 heteroatoms. The maximum Gasteiger partial charge on any atom is 0.340 e. The molecule has 0 saturated carbocycles. The number of carbonyl (C=O) groups is 2. The molecule has 0 atom stereocenters. The molecule has 8 nitrogen and oxygen atoms in total. The van der Waals surface area contributed by atoms with Crippen molar-refractivity contribution in [1.82, 2.24) is 9.97 Å². The van der Waals surface area contributed by atoms with Gasteiger partial charge in [-0.1, -0.05) is 12.1 Å². The van der Waals surface area contributed by atoms with E-state index >= 15 is 0 Å². The monoisotopic (exact) mass is 337 g/mol. The summed E-state index contributed by atoms with van der Waals surface area (Å²) in [6.45, 7) is 1.90. The van der Waals surface area contributed by atoms with Gasteiger partial charge in [-0.25, -0.2) is 14.8 Å². The Bertz CT molecular complexity index is 828. The maximum atomic E-state index is 12.3. The number of hydrogen-bond donors (Lipinski definition) is 2. The van der Waals surface area contributed by atoms with E-state index < -0.39 is 11.9 Å².